The van der Waals surface area contributed by atoms with E-state index in [4.69, 9.17) is 0 Å². The van der Waals surface area contributed by atoms with Crippen molar-refractivity contribution in [2.75, 3.05) is 11.9 Å². The van der Waals surface area contributed by atoms with Crippen LogP contribution in [0.25, 0.3) is 0 Å². The first-order valence-corrected chi connectivity index (χ1v) is 13.9. The third kappa shape index (κ3) is 3.86. The van der Waals surface area contributed by atoms with Crippen LogP contribution < -0.4 is 5.32 Å². The molecular formula is C29H39BrN2O2. The van der Waals surface area contributed by atoms with Gasteiger partial charge in [-0.05, 0) is 84.5 Å². The number of carbonyl (C=O) groups is 2. The number of fused-ring (bicyclic) bond motifs is 5. The van der Waals surface area contributed by atoms with Gasteiger partial charge in [-0.1, -0.05) is 57.0 Å². The zero-order valence-electron chi connectivity index (χ0n) is 21.3. The molecular weight excluding hydrogens is 488 g/mol. The minimum absolute atomic E-state index is 0.0938. The standard InChI is InChI=1S/C29H39BrN2O2/c1-27(2,3)23-15-18(30)8-9-24(23)31-26(34)32-17-20-21-7-6-12-28(21,4)13-11-22(20)29(5)14-10-19(33)16-25(29)32/h8-9,15-16,20-22H,6-7,10-14,17H2,1-5H3,(H,31,34)/t20-,21-,22-,28-,29+/m0/s1. The Morgan fingerprint density at radius 1 is 1.12 bits per heavy atom. The molecule has 34 heavy (non-hydrogen) atoms. The molecule has 4 nitrogen and oxygen atoms in total. The summed E-state index contributed by atoms with van der Waals surface area (Å²) in [5, 5.41) is 3.26. The molecule has 5 rings (SSSR count). The summed E-state index contributed by atoms with van der Waals surface area (Å²) in [6.07, 6.45) is 9.67. The molecule has 2 saturated carbocycles. The summed E-state index contributed by atoms with van der Waals surface area (Å²) in [7, 11) is 0. The second-order valence-corrected chi connectivity index (χ2v) is 13.8. The Bertz CT molecular complexity index is 1060. The Morgan fingerprint density at radius 2 is 1.88 bits per heavy atom. The van der Waals surface area contributed by atoms with Crippen LogP contribution in [0.1, 0.15) is 85.1 Å². The van der Waals surface area contributed by atoms with E-state index in [9.17, 15) is 9.59 Å². The number of urea groups is 1. The van der Waals surface area contributed by atoms with Gasteiger partial charge in [0.1, 0.15) is 0 Å². The predicted molar refractivity (Wildman–Crippen MR) is 141 cm³/mol. The van der Waals surface area contributed by atoms with Gasteiger partial charge < -0.3 is 5.32 Å². The van der Waals surface area contributed by atoms with Crippen molar-refractivity contribution in [2.45, 2.75) is 85.0 Å². The van der Waals surface area contributed by atoms with E-state index < -0.39 is 0 Å². The van der Waals surface area contributed by atoms with E-state index in [1.54, 1.807) is 6.08 Å². The van der Waals surface area contributed by atoms with Gasteiger partial charge in [0.05, 0.1) is 0 Å². The Labute approximate surface area is 213 Å². The molecule has 3 fully saturated rings. The van der Waals surface area contributed by atoms with E-state index in [1.807, 2.05) is 17.0 Å². The fourth-order valence-electron chi connectivity index (χ4n) is 7.92. The minimum Gasteiger partial charge on any atom is -0.307 e. The van der Waals surface area contributed by atoms with Crippen molar-refractivity contribution in [3.8, 4) is 0 Å². The van der Waals surface area contributed by atoms with Crippen LogP contribution in [0.5, 0.6) is 0 Å². The highest BCUT2D eigenvalue weighted by molar-refractivity contribution is 9.10. The average molecular weight is 528 g/mol. The lowest BCUT2D eigenvalue weighted by Gasteiger charge is -2.59. The Balaban J connectivity index is 1.52. The van der Waals surface area contributed by atoms with Gasteiger partial charge in [-0.3, -0.25) is 9.69 Å². The first-order valence-electron chi connectivity index (χ1n) is 13.1. The van der Waals surface area contributed by atoms with Crippen LogP contribution in [0.3, 0.4) is 0 Å². The number of allylic oxidation sites excluding steroid dienone is 2. The third-order valence-corrected chi connectivity index (χ3v) is 10.3. The van der Waals surface area contributed by atoms with Crippen LogP contribution >= 0.6 is 15.9 Å². The zero-order valence-corrected chi connectivity index (χ0v) is 22.9. The topological polar surface area (TPSA) is 49.4 Å². The molecule has 1 aromatic rings. The van der Waals surface area contributed by atoms with Crippen molar-refractivity contribution in [3.63, 3.8) is 0 Å². The summed E-state index contributed by atoms with van der Waals surface area (Å²) >= 11 is 3.59. The molecule has 0 aromatic heterocycles. The molecule has 2 amide bonds. The third-order valence-electron chi connectivity index (χ3n) is 9.77. The normalized spacial score (nSPS) is 35.2. The number of piperidine rings is 1. The maximum absolute atomic E-state index is 13.9. The number of rotatable bonds is 1. The molecule has 1 aliphatic heterocycles. The van der Waals surface area contributed by atoms with Crippen LogP contribution in [-0.2, 0) is 10.2 Å². The van der Waals surface area contributed by atoms with Crippen LogP contribution in [0.2, 0.25) is 0 Å². The van der Waals surface area contributed by atoms with E-state index in [1.165, 1.54) is 32.1 Å². The van der Waals surface area contributed by atoms with Crippen LogP contribution in [0, 0.1) is 28.6 Å². The van der Waals surface area contributed by atoms with Gasteiger partial charge in [0.25, 0.3) is 0 Å². The number of hydrogen-bond donors (Lipinski definition) is 1. The fourth-order valence-corrected chi connectivity index (χ4v) is 8.28. The number of hydrogen-bond acceptors (Lipinski definition) is 2. The molecule has 5 atom stereocenters. The van der Waals surface area contributed by atoms with E-state index in [0.29, 0.717) is 29.6 Å². The molecule has 0 bridgehead atoms. The highest BCUT2D eigenvalue weighted by Crippen LogP contribution is 2.64. The first-order chi connectivity index (χ1) is 15.9. The summed E-state index contributed by atoms with van der Waals surface area (Å²) in [6.45, 7) is 12.0. The number of halogens is 1. The van der Waals surface area contributed by atoms with Gasteiger partial charge in [0.15, 0.2) is 5.78 Å². The average Bonchev–Trinajstić information content (AvgIpc) is 3.16. The smallest absolute Gasteiger partial charge is 0.307 e. The molecule has 0 spiro atoms. The highest BCUT2D eigenvalue weighted by atomic mass is 79.9. The van der Waals surface area contributed by atoms with Crippen molar-refractivity contribution in [2.24, 2.45) is 28.6 Å². The molecule has 0 unspecified atom stereocenters. The SMILES string of the molecule is CC(C)(C)c1cc(Br)ccc1NC(=O)N1C[C@H]2[C@@H]3CCC[C@@]3(C)CC[C@@H]2[C@@]2(C)CCC(=O)C=C12. The second kappa shape index (κ2) is 8.21. The van der Waals surface area contributed by atoms with Gasteiger partial charge in [0, 0.05) is 40.3 Å². The van der Waals surface area contributed by atoms with Gasteiger partial charge in [-0.2, -0.15) is 0 Å². The van der Waals surface area contributed by atoms with Gasteiger partial charge >= 0.3 is 6.03 Å². The lowest BCUT2D eigenvalue weighted by Crippen LogP contribution is -2.59. The predicted octanol–water partition coefficient (Wildman–Crippen LogP) is 7.68. The first kappa shape index (κ1) is 24.1. The maximum atomic E-state index is 13.9. The lowest BCUT2D eigenvalue weighted by molar-refractivity contribution is -0.118. The summed E-state index contributed by atoms with van der Waals surface area (Å²) in [4.78, 5) is 28.5. The Kier molecular flexibility index (Phi) is 5.82. The Hall–Kier alpha value is -1.62. The van der Waals surface area contributed by atoms with Gasteiger partial charge in [-0.15, -0.1) is 0 Å². The minimum atomic E-state index is -0.108. The van der Waals surface area contributed by atoms with Crippen molar-refractivity contribution in [1.82, 2.24) is 4.90 Å². The molecule has 1 N–H and O–H groups in total. The number of nitrogens with one attached hydrogen (secondary N) is 1. The molecule has 1 saturated heterocycles. The summed E-state index contributed by atoms with van der Waals surface area (Å²) in [6, 6.07) is 5.98. The van der Waals surface area contributed by atoms with Gasteiger partial charge in [-0.25, -0.2) is 4.79 Å². The number of carbonyl (C=O) groups excluding carboxylic acids is 2. The summed E-state index contributed by atoms with van der Waals surface area (Å²) in [5.41, 5.74) is 3.10. The maximum Gasteiger partial charge on any atom is 0.326 e. The number of amides is 2. The number of benzene rings is 1. The van der Waals surface area contributed by atoms with Gasteiger partial charge in [0.2, 0.25) is 0 Å². The largest absolute Gasteiger partial charge is 0.326 e. The molecule has 0 radical (unpaired) electrons. The van der Waals surface area contributed by atoms with Crippen molar-refractivity contribution >= 4 is 33.4 Å². The van der Waals surface area contributed by atoms with Crippen molar-refractivity contribution in [3.05, 3.63) is 40.0 Å². The molecule has 4 aliphatic rings. The van der Waals surface area contributed by atoms with E-state index in [2.05, 4.69) is 61.9 Å². The number of anilines is 1. The Morgan fingerprint density at radius 3 is 2.62 bits per heavy atom. The summed E-state index contributed by atoms with van der Waals surface area (Å²) in [5.74, 6) is 1.90. The zero-order chi connectivity index (χ0) is 24.5. The molecule has 1 heterocycles. The lowest BCUT2D eigenvalue weighted by atomic mass is 9.50. The summed E-state index contributed by atoms with van der Waals surface area (Å²) < 4.78 is 1.01. The van der Waals surface area contributed by atoms with Crippen LogP contribution in [-0.4, -0.2) is 23.3 Å². The second-order valence-electron chi connectivity index (χ2n) is 12.9. The molecule has 1 aromatic carbocycles. The van der Waals surface area contributed by atoms with E-state index in [-0.39, 0.29) is 22.6 Å². The number of ketones is 1. The number of nitrogens with zero attached hydrogens (tertiary/aromatic N) is 1. The highest BCUT2D eigenvalue weighted by Gasteiger charge is 2.58. The quantitative estimate of drug-likeness (QED) is 0.407. The van der Waals surface area contributed by atoms with Crippen LogP contribution in [0.4, 0.5) is 10.5 Å². The van der Waals surface area contributed by atoms with E-state index >= 15 is 0 Å². The van der Waals surface area contributed by atoms with Crippen molar-refractivity contribution < 1.29 is 9.59 Å². The number of likely N-dealkylation sites (tertiary alicyclic amines) is 1. The monoisotopic (exact) mass is 526 g/mol. The molecule has 184 valence electrons. The van der Waals surface area contributed by atoms with E-state index in [0.717, 1.165) is 34.4 Å². The van der Waals surface area contributed by atoms with Crippen LogP contribution in [0.15, 0.2) is 34.4 Å². The van der Waals surface area contributed by atoms with Crippen molar-refractivity contribution in [1.29, 1.82) is 0 Å². The fraction of sp³-hybridized carbons (Fsp3) is 0.655. The molecule has 3 aliphatic carbocycles. The molecule has 5 heteroatoms.